The Morgan fingerprint density at radius 2 is 2.00 bits per heavy atom. The summed E-state index contributed by atoms with van der Waals surface area (Å²) in [5.41, 5.74) is 2.19. The molecule has 0 aliphatic rings. The summed E-state index contributed by atoms with van der Waals surface area (Å²) in [4.78, 5) is 21.2. The van der Waals surface area contributed by atoms with Crippen molar-refractivity contribution >= 4 is 10.9 Å². The van der Waals surface area contributed by atoms with Crippen molar-refractivity contribution in [3.05, 3.63) is 82.2 Å². The first-order valence-electron chi connectivity index (χ1n) is 7.87. The van der Waals surface area contributed by atoms with Gasteiger partial charge in [0.25, 0.3) is 5.56 Å². The van der Waals surface area contributed by atoms with Crippen LogP contribution in [0, 0.1) is 18.6 Å². The lowest BCUT2D eigenvalue weighted by molar-refractivity contribution is 0.507. The van der Waals surface area contributed by atoms with Crippen LogP contribution >= 0.6 is 0 Å². The molecule has 0 radical (unpaired) electrons. The summed E-state index contributed by atoms with van der Waals surface area (Å²) in [5.74, 6) is -1.77. The number of fused-ring (bicyclic) bond motifs is 1. The van der Waals surface area contributed by atoms with Gasteiger partial charge >= 0.3 is 0 Å². The molecule has 0 saturated carbocycles. The van der Waals surface area contributed by atoms with Gasteiger partial charge in [-0.25, -0.2) is 18.7 Å². The first-order chi connectivity index (χ1) is 12.5. The van der Waals surface area contributed by atoms with Gasteiger partial charge in [0.05, 0.1) is 29.5 Å². The Kier molecular flexibility index (Phi) is 3.84. The molecule has 2 aromatic carbocycles. The highest BCUT2D eigenvalue weighted by atomic mass is 19.2. The Morgan fingerprint density at radius 1 is 1.15 bits per heavy atom. The molecule has 0 atom stereocenters. The van der Waals surface area contributed by atoms with E-state index in [9.17, 15) is 13.6 Å². The highest BCUT2D eigenvalue weighted by Gasteiger charge is 2.12. The van der Waals surface area contributed by atoms with E-state index in [4.69, 9.17) is 4.42 Å². The number of hydrogen-bond acceptors (Lipinski definition) is 4. The number of oxazole rings is 1. The number of para-hydroxylation sites is 1. The normalized spacial score (nSPS) is 11.2. The largest absolute Gasteiger partial charge is 0.444 e. The van der Waals surface area contributed by atoms with E-state index in [0.717, 1.165) is 17.7 Å². The van der Waals surface area contributed by atoms with Gasteiger partial charge in [-0.2, -0.15) is 0 Å². The quantitative estimate of drug-likeness (QED) is 0.564. The molecule has 4 rings (SSSR count). The van der Waals surface area contributed by atoms with Gasteiger partial charge in [-0.15, -0.1) is 0 Å². The number of aromatic nitrogens is 3. The highest BCUT2D eigenvalue weighted by molar-refractivity contribution is 5.80. The maximum atomic E-state index is 13.4. The smallest absolute Gasteiger partial charge is 0.261 e. The molecule has 0 saturated heterocycles. The van der Waals surface area contributed by atoms with Crippen LogP contribution in [0.1, 0.15) is 11.3 Å². The van der Waals surface area contributed by atoms with E-state index in [1.165, 1.54) is 23.2 Å². The van der Waals surface area contributed by atoms with Crippen LogP contribution in [-0.2, 0) is 6.54 Å². The molecule has 2 heterocycles. The van der Waals surface area contributed by atoms with Crippen molar-refractivity contribution in [3.8, 4) is 11.5 Å². The average molecular weight is 353 g/mol. The monoisotopic (exact) mass is 353 g/mol. The number of benzene rings is 2. The van der Waals surface area contributed by atoms with E-state index in [1.54, 1.807) is 6.07 Å². The fraction of sp³-hybridized carbons (Fsp3) is 0.105. The van der Waals surface area contributed by atoms with Gasteiger partial charge in [0.2, 0.25) is 5.89 Å². The summed E-state index contributed by atoms with van der Waals surface area (Å²) in [6.07, 6.45) is 2.84. The maximum Gasteiger partial charge on any atom is 0.261 e. The molecule has 0 spiro atoms. The predicted octanol–water partition coefficient (Wildman–Crippen LogP) is 3.69. The fourth-order valence-electron chi connectivity index (χ4n) is 2.77. The third-order valence-corrected chi connectivity index (χ3v) is 4.11. The van der Waals surface area contributed by atoms with Crippen LogP contribution in [-0.4, -0.2) is 14.5 Å². The lowest BCUT2D eigenvalue weighted by Crippen LogP contribution is -2.21. The number of halogens is 2. The van der Waals surface area contributed by atoms with Gasteiger partial charge in [-0.3, -0.25) is 9.36 Å². The lowest BCUT2D eigenvalue weighted by Gasteiger charge is -2.05. The standard InChI is InChI=1S/C19H13F2N3O2/c1-11-3-2-4-14-17(11)22-10-24(19(14)25)8-13-9-26-18(23-13)12-5-6-15(20)16(21)7-12/h2-7,9-10H,8H2,1H3. The minimum Gasteiger partial charge on any atom is -0.444 e. The molecule has 2 aromatic heterocycles. The summed E-state index contributed by atoms with van der Waals surface area (Å²) in [6, 6.07) is 8.82. The van der Waals surface area contributed by atoms with Crippen molar-refractivity contribution < 1.29 is 13.2 Å². The van der Waals surface area contributed by atoms with Crippen LogP contribution in [0.15, 0.2) is 58.2 Å². The molecule has 130 valence electrons. The van der Waals surface area contributed by atoms with Crippen molar-refractivity contribution in [1.29, 1.82) is 0 Å². The molecule has 0 unspecified atom stereocenters. The molecule has 4 aromatic rings. The molecule has 26 heavy (non-hydrogen) atoms. The van der Waals surface area contributed by atoms with Crippen LogP contribution in [0.2, 0.25) is 0 Å². The summed E-state index contributed by atoms with van der Waals surface area (Å²) in [5, 5.41) is 0.525. The Balaban J connectivity index is 1.67. The molecule has 0 aliphatic heterocycles. The second kappa shape index (κ2) is 6.18. The van der Waals surface area contributed by atoms with Crippen LogP contribution in [0.3, 0.4) is 0 Å². The Morgan fingerprint density at radius 3 is 2.81 bits per heavy atom. The van der Waals surface area contributed by atoms with Crippen LogP contribution < -0.4 is 5.56 Å². The number of aryl methyl sites for hydroxylation is 1. The van der Waals surface area contributed by atoms with Crippen molar-refractivity contribution in [3.63, 3.8) is 0 Å². The summed E-state index contributed by atoms with van der Waals surface area (Å²) < 4.78 is 33.1. The third-order valence-electron chi connectivity index (χ3n) is 4.11. The molecule has 7 heteroatoms. The Labute approximate surface area is 146 Å². The summed E-state index contributed by atoms with van der Waals surface area (Å²) in [6.45, 7) is 2.05. The predicted molar refractivity (Wildman–Crippen MR) is 91.7 cm³/mol. The van der Waals surface area contributed by atoms with Crippen LogP contribution in [0.25, 0.3) is 22.4 Å². The van der Waals surface area contributed by atoms with Crippen molar-refractivity contribution in [2.24, 2.45) is 0 Å². The van der Waals surface area contributed by atoms with Gasteiger partial charge in [-0.05, 0) is 36.8 Å². The van der Waals surface area contributed by atoms with Gasteiger partial charge < -0.3 is 4.42 Å². The average Bonchev–Trinajstić information content (AvgIpc) is 3.09. The zero-order valence-corrected chi connectivity index (χ0v) is 13.7. The van der Waals surface area contributed by atoms with E-state index >= 15 is 0 Å². The molecule has 0 amide bonds. The summed E-state index contributed by atoms with van der Waals surface area (Å²) >= 11 is 0. The molecular weight excluding hydrogens is 340 g/mol. The first kappa shape index (κ1) is 16.1. The number of nitrogens with zero attached hydrogens (tertiary/aromatic N) is 3. The highest BCUT2D eigenvalue weighted by Crippen LogP contribution is 2.21. The Bertz CT molecular complexity index is 1180. The molecule has 0 aliphatic carbocycles. The fourth-order valence-corrected chi connectivity index (χ4v) is 2.77. The minimum absolute atomic E-state index is 0.150. The minimum atomic E-state index is -0.979. The molecule has 0 bridgehead atoms. The first-order valence-corrected chi connectivity index (χ1v) is 7.87. The van der Waals surface area contributed by atoms with E-state index < -0.39 is 11.6 Å². The SMILES string of the molecule is Cc1cccc2c(=O)n(Cc3coc(-c4ccc(F)c(F)c4)n3)cnc12. The zero-order valence-electron chi connectivity index (χ0n) is 13.7. The maximum absolute atomic E-state index is 13.4. The molecular formula is C19H13F2N3O2. The molecule has 0 fully saturated rings. The van der Waals surface area contributed by atoms with Crippen molar-refractivity contribution in [1.82, 2.24) is 14.5 Å². The number of rotatable bonds is 3. The third kappa shape index (κ3) is 2.77. The van der Waals surface area contributed by atoms with Crippen molar-refractivity contribution in [2.75, 3.05) is 0 Å². The molecule has 0 N–H and O–H groups in total. The lowest BCUT2D eigenvalue weighted by atomic mass is 10.1. The van der Waals surface area contributed by atoms with Crippen LogP contribution in [0.5, 0.6) is 0 Å². The second-order valence-corrected chi connectivity index (χ2v) is 5.92. The topological polar surface area (TPSA) is 60.9 Å². The second-order valence-electron chi connectivity index (χ2n) is 5.92. The van der Waals surface area contributed by atoms with E-state index in [-0.39, 0.29) is 18.0 Å². The number of hydrogen-bond donors (Lipinski definition) is 0. The molecule has 5 nitrogen and oxygen atoms in total. The Hall–Kier alpha value is -3.35. The van der Waals surface area contributed by atoms with Gasteiger partial charge in [0, 0.05) is 5.56 Å². The van der Waals surface area contributed by atoms with Gasteiger partial charge in [0.1, 0.15) is 6.26 Å². The van der Waals surface area contributed by atoms with E-state index in [0.29, 0.717) is 22.2 Å². The van der Waals surface area contributed by atoms with Crippen molar-refractivity contribution in [2.45, 2.75) is 13.5 Å². The van der Waals surface area contributed by atoms with Crippen LogP contribution in [0.4, 0.5) is 8.78 Å². The van der Waals surface area contributed by atoms with Gasteiger partial charge in [0.15, 0.2) is 11.6 Å². The van der Waals surface area contributed by atoms with E-state index in [2.05, 4.69) is 9.97 Å². The summed E-state index contributed by atoms with van der Waals surface area (Å²) in [7, 11) is 0. The van der Waals surface area contributed by atoms with E-state index in [1.807, 2.05) is 19.1 Å². The van der Waals surface area contributed by atoms with Gasteiger partial charge in [-0.1, -0.05) is 12.1 Å². The zero-order chi connectivity index (χ0) is 18.3.